The zero-order chi connectivity index (χ0) is 12.1. The first-order valence-corrected chi connectivity index (χ1v) is 6.60. The van der Waals surface area contributed by atoms with Crippen LogP contribution in [0, 0.1) is 3.57 Å². The summed E-state index contributed by atoms with van der Waals surface area (Å²) in [5.74, 6) is 0. The second-order valence-electron chi connectivity index (χ2n) is 3.79. The van der Waals surface area contributed by atoms with E-state index in [1.54, 1.807) is 6.20 Å². The lowest BCUT2D eigenvalue weighted by Gasteiger charge is -2.09. The summed E-state index contributed by atoms with van der Waals surface area (Å²) >= 11 is 2.29. The third-order valence-corrected chi connectivity index (χ3v) is 3.32. The van der Waals surface area contributed by atoms with E-state index < -0.39 is 0 Å². The van der Waals surface area contributed by atoms with Gasteiger partial charge in [-0.15, -0.1) is 0 Å². The second kappa shape index (κ2) is 5.90. The van der Waals surface area contributed by atoms with Crippen LogP contribution in [0.5, 0.6) is 0 Å². The zero-order valence-corrected chi connectivity index (χ0v) is 11.6. The van der Waals surface area contributed by atoms with Crippen molar-refractivity contribution in [2.75, 3.05) is 17.6 Å². The molecular formula is C12H15IN4. The van der Waals surface area contributed by atoms with Crippen LogP contribution in [0.4, 0.5) is 11.4 Å². The lowest BCUT2D eigenvalue weighted by atomic mass is 10.3. The number of nitrogens with zero attached hydrogens (tertiary/aromatic N) is 2. The molecule has 0 fully saturated rings. The number of anilines is 2. The summed E-state index contributed by atoms with van der Waals surface area (Å²) < 4.78 is 3.09. The molecule has 17 heavy (non-hydrogen) atoms. The third kappa shape index (κ3) is 3.62. The number of hydrogen-bond acceptors (Lipinski definition) is 3. The average Bonchev–Trinajstić information content (AvgIpc) is 2.79. The molecule has 2 rings (SSSR count). The Balaban J connectivity index is 1.78. The van der Waals surface area contributed by atoms with Gasteiger partial charge in [-0.3, -0.25) is 4.68 Å². The van der Waals surface area contributed by atoms with Crippen LogP contribution in [-0.4, -0.2) is 16.3 Å². The smallest absolute Gasteiger partial charge is 0.0489 e. The van der Waals surface area contributed by atoms with E-state index >= 15 is 0 Å². The highest BCUT2D eigenvalue weighted by Gasteiger charge is 1.99. The fourth-order valence-electron chi connectivity index (χ4n) is 1.57. The van der Waals surface area contributed by atoms with Crippen LogP contribution in [0.25, 0.3) is 0 Å². The van der Waals surface area contributed by atoms with Crippen LogP contribution < -0.4 is 11.1 Å². The van der Waals surface area contributed by atoms with Crippen LogP contribution in [0.15, 0.2) is 36.7 Å². The molecule has 0 atom stereocenters. The molecular weight excluding hydrogens is 327 g/mol. The van der Waals surface area contributed by atoms with Crippen LogP contribution in [0.2, 0.25) is 0 Å². The lowest BCUT2D eigenvalue weighted by Crippen LogP contribution is -2.08. The van der Waals surface area contributed by atoms with Crippen molar-refractivity contribution in [3.05, 3.63) is 40.2 Å². The van der Waals surface area contributed by atoms with E-state index in [0.29, 0.717) is 0 Å². The van der Waals surface area contributed by atoms with Gasteiger partial charge in [-0.05, 0) is 53.3 Å². The molecule has 5 heteroatoms. The lowest BCUT2D eigenvalue weighted by molar-refractivity contribution is 0.592. The summed E-state index contributed by atoms with van der Waals surface area (Å²) in [4.78, 5) is 0. The molecule has 0 spiro atoms. The molecule has 1 aromatic carbocycles. The van der Waals surface area contributed by atoms with Gasteiger partial charge in [0.15, 0.2) is 0 Å². The van der Waals surface area contributed by atoms with Gasteiger partial charge in [0, 0.05) is 40.4 Å². The molecule has 0 saturated carbocycles. The standard InChI is InChI=1S/C12H15IN4/c13-11-9-10(14)3-4-12(11)15-5-1-7-17-8-2-6-16-17/h2-4,6,8-9,15H,1,5,7,14H2. The van der Waals surface area contributed by atoms with Crippen molar-refractivity contribution in [3.8, 4) is 0 Å². The van der Waals surface area contributed by atoms with E-state index in [1.165, 1.54) is 0 Å². The monoisotopic (exact) mass is 342 g/mol. The molecule has 0 amide bonds. The Bertz CT molecular complexity index is 467. The number of nitrogens with one attached hydrogen (secondary N) is 1. The van der Waals surface area contributed by atoms with Gasteiger partial charge in [0.1, 0.15) is 0 Å². The van der Waals surface area contributed by atoms with Crippen molar-refractivity contribution in [3.63, 3.8) is 0 Å². The minimum atomic E-state index is 0.802. The fraction of sp³-hybridized carbons (Fsp3) is 0.250. The maximum Gasteiger partial charge on any atom is 0.0489 e. The Labute approximate surface area is 114 Å². The summed E-state index contributed by atoms with van der Waals surface area (Å²) in [6.45, 7) is 1.87. The highest BCUT2D eigenvalue weighted by atomic mass is 127. The van der Waals surface area contributed by atoms with Gasteiger partial charge >= 0.3 is 0 Å². The Morgan fingerprint density at radius 2 is 2.29 bits per heavy atom. The molecule has 0 unspecified atom stereocenters. The number of hydrogen-bond donors (Lipinski definition) is 2. The van der Waals surface area contributed by atoms with Gasteiger partial charge in [-0.1, -0.05) is 0 Å². The number of nitrogen functional groups attached to an aromatic ring is 1. The van der Waals surface area contributed by atoms with Gasteiger partial charge in [0.2, 0.25) is 0 Å². The fourth-order valence-corrected chi connectivity index (χ4v) is 2.30. The molecule has 3 N–H and O–H groups in total. The quantitative estimate of drug-likeness (QED) is 0.499. The maximum atomic E-state index is 5.70. The number of aromatic nitrogens is 2. The number of aryl methyl sites for hydroxylation is 1. The van der Waals surface area contributed by atoms with Crippen LogP contribution in [-0.2, 0) is 6.54 Å². The topological polar surface area (TPSA) is 55.9 Å². The average molecular weight is 342 g/mol. The molecule has 0 aliphatic rings. The summed E-state index contributed by atoms with van der Waals surface area (Å²) in [7, 11) is 0. The number of nitrogens with two attached hydrogens (primary N) is 1. The SMILES string of the molecule is Nc1ccc(NCCCn2cccn2)c(I)c1. The van der Waals surface area contributed by atoms with Gasteiger partial charge < -0.3 is 11.1 Å². The Hall–Kier alpha value is -1.24. The number of benzene rings is 1. The molecule has 0 radical (unpaired) electrons. The Kier molecular flexibility index (Phi) is 4.24. The first-order valence-electron chi connectivity index (χ1n) is 5.52. The minimum absolute atomic E-state index is 0.802. The summed E-state index contributed by atoms with van der Waals surface area (Å²) in [5.41, 5.74) is 7.64. The normalized spacial score (nSPS) is 10.4. The van der Waals surface area contributed by atoms with Crippen molar-refractivity contribution in [1.82, 2.24) is 9.78 Å². The van der Waals surface area contributed by atoms with E-state index in [1.807, 2.05) is 35.1 Å². The molecule has 2 aromatic rings. The maximum absolute atomic E-state index is 5.70. The Morgan fingerprint density at radius 3 is 3.00 bits per heavy atom. The zero-order valence-electron chi connectivity index (χ0n) is 9.44. The predicted octanol–water partition coefficient (Wildman–Crippen LogP) is 2.57. The summed E-state index contributed by atoms with van der Waals surface area (Å²) in [5, 5.41) is 7.56. The molecule has 90 valence electrons. The van der Waals surface area contributed by atoms with Gasteiger partial charge in [0.25, 0.3) is 0 Å². The molecule has 4 nitrogen and oxygen atoms in total. The highest BCUT2D eigenvalue weighted by Crippen LogP contribution is 2.20. The second-order valence-corrected chi connectivity index (χ2v) is 4.95. The molecule has 1 heterocycles. The van der Waals surface area contributed by atoms with Gasteiger partial charge in [-0.25, -0.2) is 0 Å². The van der Waals surface area contributed by atoms with Gasteiger partial charge in [0.05, 0.1) is 0 Å². The van der Waals surface area contributed by atoms with Crippen LogP contribution in [0.3, 0.4) is 0 Å². The highest BCUT2D eigenvalue weighted by molar-refractivity contribution is 14.1. The minimum Gasteiger partial charge on any atom is -0.399 e. The first kappa shape index (κ1) is 12.2. The van der Waals surface area contributed by atoms with E-state index in [2.05, 4.69) is 33.0 Å². The number of halogens is 1. The van der Waals surface area contributed by atoms with Crippen molar-refractivity contribution >= 4 is 34.0 Å². The van der Waals surface area contributed by atoms with E-state index in [4.69, 9.17) is 5.73 Å². The first-order chi connectivity index (χ1) is 8.25. The largest absolute Gasteiger partial charge is 0.399 e. The van der Waals surface area contributed by atoms with Crippen LogP contribution >= 0.6 is 22.6 Å². The third-order valence-electron chi connectivity index (χ3n) is 2.43. The molecule has 0 saturated heterocycles. The molecule has 0 aliphatic heterocycles. The van der Waals surface area contributed by atoms with E-state index in [-0.39, 0.29) is 0 Å². The summed E-state index contributed by atoms with van der Waals surface area (Å²) in [6, 6.07) is 7.84. The number of rotatable bonds is 5. The molecule has 0 bridgehead atoms. The van der Waals surface area contributed by atoms with Crippen molar-refractivity contribution in [1.29, 1.82) is 0 Å². The van der Waals surface area contributed by atoms with Crippen molar-refractivity contribution in [2.45, 2.75) is 13.0 Å². The van der Waals surface area contributed by atoms with Crippen molar-refractivity contribution in [2.24, 2.45) is 0 Å². The summed E-state index contributed by atoms with van der Waals surface area (Å²) in [6.07, 6.45) is 4.82. The molecule has 0 aliphatic carbocycles. The van der Waals surface area contributed by atoms with Crippen molar-refractivity contribution < 1.29 is 0 Å². The molecule has 1 aromatic heterocycles. The van der Waals surface area contributed by atoms with Crippen LogP contribution in [0.1, 0.15) is 6.42 Å². The Morgan fingerprint density at radius 1 is 1.41 bits per heavy atom. The predicted molar refractivity (Wildman–Crippen MR) is 78.9 cm³/mol. The van der Waals surface area contributed by atoms with E-state index in [0.717, 1.165) is 34.5 Å². The van der Waals surface area contributed by atoms with Gasteiger partial charge in [-0.2, -0.15) is 5.10 Å². The van der Waals surface area contributed by atoms with E-state index in [9.17, 15) is 0 Å².